The Labute approximate surface area is 92.1 Å². The molecule has 1 atom stereocenters. The third-order valence-electron chi connectivity index (χ3n) is 3.38. The van der Waals surface area contributed by atoms with E-state index in [9.17, 15) is 0 Å². The van der Waals surface area contributed by atoms with Gasteiger partial charge < -0.3 is 9.73 Å². The molecule has 1 heterocycles. The van der Waals surface area contributed by atoms with E-state index in [1.165, 1.54) is 25.7 Å². The molecule has 2 rings (SSSR count). The Morgan fingerprint density at radius 2 is 2.13 bits per heavy atom. The van der Waals surface area contributed by atoms with E-state index in [2.05, 4.69) is 18.3 Å². The predicted molar refractivity (Wildman–Crippen MR) is 61.8 cm³/mol. The Morgan fingerprint density at radius 3 is 2.73 bits per heavy atom. The Bertz CT molecular complexity index is 299. The highest BCUT2D eigenvalue weighted by molar-refractivity contribution is 5.08. The number of nitrogens with one attached hydrogen (secondary N) is 1. The van der Waals surface area contributed by atoms with Gasteiger partial charge in [0.05, 0.1) is 6.04 Å². The highest BCUT2D eigenvalue weighted by Crippen LogP contribution is 2.25. The molecule has 0 amide bonds. The molecule has 2 heteroatoms. The summed E-state index contributed by atoms with van der Waals surface area (Å²) in [6.07, 6.45) is 5.63. The third-order valence-corrected chi connectivity index (χ3v) is 3.38. The molecular formula is C13H21NO. The van der Waals surface area contributed by atoms with Gasteiger partial charge in [-0.05, 0) is 51.3 Å². The van der Waals surface area contributed by atoms with Crippen LogP contribution in [0.5, 0.6) is 0 Å². The monoisotopic (exact) mass is 207 g/mol. The summed E-state index contributed by atoms with van der Waals surface area (Å²) in [7, 11) is 0. The van der Waals surface area contributed by atoms with Crippen LogP contribution in [0.2, 0.25) is 0 Å². The first-order valence-electron chi connectivity index (χ1n) is 6.05. The molecule has 0 bridgehead atoms. The van der Waals surface area contributed by atoms with Gasteiger partial charge in [-0.3, -0.25) is 0 Å². The zero-order chi connectivity index (χ0) is 10.7. The Hall–Kier alpha value is -0.760. The Kier molecular flexibility index (Phi) is 3.47. The van der Waals surface area contributed by atoms with Crippen molar-refractivity contribution in [2.75, 3.05) is 6.54 Å². The normalized spacial score (nSPS) is 19.6. The molecule has 1 fully saturated rings. The number of hydrogen-bond donors (Lipinski definition) is 1. The summed E-state index contributed by atoms with van der Waals surface area (Å²) in [6.45, 7) is 5.31. The molecule has 0 radical (unpaired) electrons. The number of furan rings is 1. The van der Waals surface area contributed by atoms with Crippen LogP contribution in [0.15, 0.2) is 16.5 Å². The molecule has 1 aliphatic rings. The van der Waals surface area contributed by atoms with Crippen molar-refractivity contribution in [1.29, 1.82) is 0 Å². The molecule has 1 unspecified atom stereocenters. The van der Waals surface area contributed by atoms with Crippen molar-refractivity contribution >= 4 is 0 Å². The van der Waals surface area contributed by atoms with Crippen molar-refractivity contribution in [2.24, 2.45) is 5.92 Å². The summed E-state index contributed by atoms with van der Waals surface area (Å²) < 4.78 is 5.60. The van der Waals surface area contributed by atoms with E-state index in [4.69, 9.17) is 4.42 Å². The molecule has 1 saturated carbocycles. The number of hydrogen-bond acceptors (Lipinski definition) is 2. The van der Waals surface area contributed by atoms with E-state index < -0.39 is 0 Å². The largest absolute Gasteiger partial charge is 0.465 e. The average Bonchev–Trinajstić information content (AvgIpc) is 2.84. The summed E-state index contributed by atoms with van der Waals surface area (Å²) in [5, 5.41) is 3.56. The van der Waals surface area contributed by atoms with Crippen molar-refractivity contribution in [1.82, 2.24) is 5.32 Å². The first-order chi connectivity index (χ1) is 7.25. The van der Waals surface area contributed by atoms with Gasteiger partial charge in [-0.1, -0.05) is 12.8 Å². The van der Waals surface area contributed by atoms with Gasteiger partial charge in [-0.15, -0.1) is 0 Å². The molecule has 84 valence electrons. The second-order valence-corrected chi connectivity index (χ2v) is 4.73. The maximum atomic E-state index is 5.60. The SMILES string of the molecule is Cc1ccc(C(C)NCC2CCCC2)o1. The molecule has 1 N–H and O–H groups in total. The molecule has 15 heavy (non-hydrogen) atoms. The van der Waals surface area contributed by atoms with Gasteiger partial charge in [0.25, 0.3) is 0 Å². The lowest BCUT2D eigenvalue weighted by molar-refractivity contribution is 0.388. The summed E-state index contributed by atoms with van der Waals surface area (Å²) in [6, 6.07) is 4.45. The minimum Gasteiger partial charge on any atom is -0.465 e. The Morgan fingerprint density at radius 1 is 1.40 bits per heavy atom. The van der Waals surface area contributed by atoms with Gasteiger partial charge in [0.2, 0.25) is 0 Å². The van der Waals surface area contributed by atoms with E-state index >= 15 is 0 Å². The van der Waals surface area contributed by atoms with Crippen LogP contribution in [0.25, 0.3) is 0 Å². The van der Waals surface area contributed by atoms with Crippen molar-refractivity contribution < 1.29 is 4.42 Å². The fourth-order valence-corrected chi connectivity index (χ4v) is 2.34. The average molecular weight is 207 g/mol. The van der Waals surface area contributed by atoms with Crippen LogP contribution in [0.3, 0.4) is 0 Å². The first-order valence-corrected chi connectivity index (χ1v) is 6.05. The number of aryl methyl sites for hydroxylation is 1. The van der Waals surface area contributed by atoms with Crippen LogP contribution in [0.4, 0.5) is 0 Å². The molecule has 0 aliphatic heterocycles. The van der Waals surface area contributed by atoms with Crippen molar-refractivity contribution in [3.05, 3.63) is 23.7 Å². The van der Waals surface area contributed by atoms with Crippen LogP contribution in [0, 0.1) is 12.8 Å². The molecule has 0 spiro atoms. The van der Waals surface area contributed by atoms with Gasteiger partial charge in [-0.25, -0.2) is 0 Å². The lowest BCUT2D eigenvalue weighted by atomic mass is 10.1. The Balaban J connectivity index is 1.79. The second-order valence-electron chi connectivity index (χ2n) is 4.73. The quantitative estimate of drug-likeness (QED) is 0.818. The molecule has 0 saturated heterocycles. The molecule has 1 aliphatic carbocycles. The van der Waals surface area contributed by atoms with Crippen molar-refractivity contribution in [2.45, 2.75) is 45.6 Å². The van der Waals surface area contributed by atoms with Crippen LogP contribution < -0.4 is 5.32 Å². The van der Waals surface area contributed by atoms with E-state index in [1.54, 1.807) is 0 Å². The maximum absolute atomic E-state index is 5.60. The predicted octanol–water partition coefficient (Wildman–Crippen LogP) is 3.43. The van der Waals surface area contributed by atoms with Gasteiger partial charge in [0, 0.05) is 0 Å². The topological polar surface area (TPSA) is 25.2 Å². The van der Waals surface area contributed by atoms with Gasteiger partial charge in [-0.2, -0.15) is 0 Å². The standard InChI is InChI=1S/C13H21NO/c1-10-7-8-13(15-10)11(2)14-9-12-5-3-4-6-12/h7-8,11-12,14H,3-6,9H2,1-2H3. The smallest absolute Gasteiger partial charge is 0.120 e. The minimum absolute atomic E-state index is 0.347. The van der Waals surface area contributed by atoms with Crippen LogP contribution in [0.1, 0.15) is 50.2 Å². The maximum Gasteiger partial charge on any atom is 0.120 e. The summed E-state index contributed by atoms with van der Waals surface area (Å²) in [5.41, 5.74) is 0. The van der Waals surface area contributed by atoms with Gasteiger partial charge >= 0.3 is 0 Å². The zero-order valence-electron chi connectivity index (χ0n) is 9.75. The lowest BCUT2D eigenvalue weighted by Crippen LogP contribution is -2.24. The zero-order valence-corrected chi connectivity index (χ0v) is 9.75. The van der Waals surface area contributed by atoms with Crippen LogP contribution >= 0.6 is 0 Å². The fourth-order valence-electron chi connectivity index (χ4n) is 2.34. The highest BCUT2D eigenvalue weighted by atomic mass is 16.3. The number of rotatable bonds is 4. The molecule has 2 nitrogen and oxygen atoms in total. The second kappa shape index (κ2) is 4.84. The van der Waals surface area contributed by atoms with Gasteiger partial charge in [0.15, 0.2) is 0 Å². The summed E-state index contributed by atoms with van der Waals surface area (Å²) in [5.74, 6) is 2.95. The lowest BCUT2D eigenvalue weighted by Gasteiger charge is -2.15. The third kappa shape index (κ3) is 2.85. The minimum atomic E-state index is 0.347. The molecule has 0 aromatic carbocycles. The van der Waals surface area contributed by atoms with Crippen molar-refractivity contribution in [3.8, 4) is 0 Å². The molecule has 1 aromatic rings. The van der Waals surface area contributed by atoms with E-state index in [-0.39, 0.29) is 0 Å². The summed E-state index contributed by atoms with van der Waals surface area (Å²) in [4.78, 5) is 0. The summed E-state index contributed by atoms with van der Waals surface area (Å²) >= 11 is 0. The fraction of sp³-hybridized carbons (Fsp3) is 0.692. The van der Waals surface area contributed by atoms with E-state index in [0.29, 0.717) is 6.04 Å². The van der Waals surface area contributed by atoms with Crippen LogP contribution in [-0.4, -0.2) is 6.54 Å². The van der Waals surface area contributed by atoms with Gasteiger partial charge in [0.1, 0.15) is 11.5 Å². The molecular weight excluding hydrogens is 186 g/mol. The highest BCUT2D eigenvalue weighted by Gasteiger charge is 2.16. The first kappa shape index (κ1) is 10.7. The molecule has 1 aromatic heterocycles. The van der Waals surface area contributed by atoms with E-state index in [0.717, 1.165) is 24.0 Å². The van der Waals surface area contributed by atoms with E-state index in [1.807, 2.05) is 13.0 Å². The van der Waals surface area contributed by atoms with Crippen LogP contribution in [-0.2, 0) is 0 Å². The van der Waals surface area contributed by atoms with Crippen molar-refractivity contribution in [3.63, 3.8) is 0 Å².